The summed E-state index contributed by atoms with van der Waals surface area (Å²) in [5, 5.41) is 0.419. The molecule has 0 heterocycles. The maximum Gasteiger partial charge on any atom is 0.129 e. The highest BCUT2D eigenvalue weighted by Gasteiger charge is 2.22. The smallest absolute Gasteiger partial charge is 0.129 e. The van der Waals surface area contributed by atoms with Crippen LogP contribution in [-0.4, -0.2) is 18.5 Å². The number of aryl methyl sites for hydroxylation is 1. The molecule has 2 aromatic rings. The van der Waals surface area contributed by atoms with E-state index < -0.39 is 0 Å². The number of benzene rings is 2. The second-order valence-electron chi connectivity index (χ2n) is 5.23. The van der Waals surface area contributed by atoms with Crippen LogP contribution in [0.3, 0.4) is 0 Å². The Morgan fingerprint density at radius 1 is 1.19 bits per heavy atom. The lowest BCUT2D eigenvalue weighted by Gasteiger charge is -2.29. The minimum absolute atomic E-state index is 0.252. The average molecular weight is 307 g/mol. The summed E-state index contributed by atoms with van der Waals surface area (Å²) in [5.74, 6) is -0.311. The van der Waals surface area contributed by atoms with E-state index in [1.807, 2.05) is 24.1 Å². The molecule has 0 saturated heterocycles. The van der Waals surface area contributed by atoms with Crippen LogP contribution < -0.4 is 5.73 Å². The minimum atomic E-state index is -0.311. The van der Waals surface area contributed by atoms with E-state index >= 15 is 0 Å². The van der Waals surface area contributed by atoms with Crippen LogP contribution in [0.15, 0.2) is 42.5 Å². The Kier molecular flexibility index (Phi) is 5.34. The first-order valence-electron chi connectivity index (χ1n) is 6.93. The molecule has 0 radical (unpaired) electrons. The normalized spacial score (nSPS) is 12.7. The summed E-state index contributed by atoms with van der Waals surface area (Å²) in [6.07, 6.45) is 0. The first-order valence-corrected chi connectivity index (χ1v) is 7.31. The first-order chi connectivity index (χ1) is 10.0. The number of halogens is 2. The van der Waals surface area contributed by atoms with Crippen molar-refractivity contribution in [2.24, 2.45) is 5.73 Å². The molecule has 0 fully saturated rings. The van der Waals surface area contributed by atoms with Gasteiger partial charge in [0.05, 0.1) is 6.04 Å². The van der Waals surface area contributed by atoms with Gasteiger partial charge in [-0.05, 0) is 37.2 Å². The monoisotopic (exact) mass is 306 g/mol. The van der Waals surface area contributed by atoms with Crippen LogP contribution in [0.2, 0.25) is 5.02 Å². The molecular weight excluding hydrogens is 287 g/mol. The zero-order chi connectivity index (χ0) is 15.4. The molecule has 0 aliphatic rings. The van der Waals surface area contributed by atoms with Gasteiger partial charge in [-0.3, -0.25) is 4.90 Å². The second kappa shape index (κ2) is 7.03. The quantitative estimate of drug-likeness (QED) is 0.907. The van der Waals surface area contributed by atoms with Gasteiger partial charge >= 0.3 is 0 Å². The van der Waals surface area contributed by atoms with Crippen molar-refractivity contribution in [1.29, 1.82) is 0 Å². The van der Waals surface area contributed by atoms with Gasteiger partial charge in [-0.1, -0.05) is 41.9 Å². The van der Waals surface area contributed by atoms with E-state index in [0.717, 1.165) is 0 Å². The molecule has 0 spiro atoms. The molecule has 0 amide bonds. The average Bonchev–Trinajstić information content (AvgIpc) is 2.45. The molecule has 4 heteroatoms. The van der Waals surface area contributed by atoms with E-state index in [2.05, 4.69) is 19.1 Å². The van der Waals surface area contributed by atoms with Gasteiger partial charge in [-0.25, -0.2) is 4.39 Å². The van der Waals surface area contributed by atoms with E-state index in [1.54, 1.807) is 12.1 Å². The molecule has 0 aliphatic heterocycles. The highest BCUT2D eigenvalue weighted by atomic mass is 35.5. The molecule has 2 N–H and O–H groups in total. The van der Waals surface area contributed by atoms with Gasteiger partial charge in [0.1, 0.15) is 5.82 Å². The minimum Gasteiger partial charge on any atom is -0.329 e. The summed E-state index contributed by atoms with van der Waals surface area (Å²) >= 11 is 6.16. The maximum atomic E-state index is 14.1. The summed E-state index contributed by atoms with van der Waals surface area (Å²) in [7, 11) is 1.94. The van der Waals surface area contributed by atoms with Gasteiger partial charge in [0.15, 0.2) is 0 Å². The Hall–Kier alpha value is -1.42. The third-order valence-electron chi connectivity index (χ3n) is 3.77. The summed E-state index contributed by atoms with van der Waals surface area (Å²) in [5.41, 5.74) is 8.75. The Morgan fingerprint density at radius 3 is 2.52 bits per heavy atom. The van der Waals surface area contributed by atoms with Gasteiger partial charge in [-0.15, -0.1) is 0 Å². The van der Waals surface area contributed by atoms with Crippen LogP contribution in [0, 0.1) is 12.7 Å². The van der Waals surface area contributed by atoms with E-state index in [-0.39, 0.29) is 11.9 Å². The fraction of sp³-hybridized carbons (Fsp3) is 0.294. The molecule has 0 bridgehead atoms. The topological polar surface area (TPSA) is 29.3 Å². The van der Waals surface area contributed by atoms with E-state index in [4.69, 9.17) is 17.3 Å². The molecule has 112 valence electrons. The highest BCUT2D eigenvalue weighted by Crippen LogP contribution is 2.29. The van der Waals surface area contributed by atoms with Gasteiger partial charge < -0.3 is 5.73 Å². The largest absolute Gasteiger partial charge is 0.329 e. The van der Waals surface area contributed by atoms with Crippen molar-refractivity contribution in [3.63, 3.8) is 0 Å². The lowest BCUT2D eigenvalue weighted by Crippen LogP contribution is -2.31. The van der Waals surface area contributed by atoms with E-state index in [0.29, 0.717) is 23.7 Å². The molecule has 0 saturated carbocycles. The second-order valence-corrected chi connectivity index (χ2v) is 5.64. The SMILES string of the molecule is Cc1ccccc1CN(C)C(CN)c1c(F)cccc1Cl. The Morgan fingerprint density at radius 2 is 1.90 bits per heavy atom. The molecule has 0 aromatic heterocycles. The van der Waals surface area contributed by atoms with Gasteiger partial charge in [0.25, 0.3) is 0 Å². The van der Waals surface area contributed by atoms with Crippen LogP contribution in [0.5, 0.6) is 0 Å². The van der Waals surface area contributed by atoms with Crippen molar-refractivity contribution in [3.05, 3.63) is 70.0 Å². The third kappa shape index (κ3) is 3.62. The predicted octanol–water partition coefficient (Wildman–Crippen LogP) is 3.92. The fourth-order valence-corrected chi connectivity index (χ4v) is 2.80. The number of hydrogen-bond donors (Lipinski definition) is 1. The lowest BCUT2D eigenvalue weighted by molar-refractivity contribution is 0.236. The Labute approximate surface area is 130 Å². The molecule has 2 nitrogen and oxygen atoms in total. The third-order valence-corrected chi connectivity index (χ3v) is 4.10. The summed E-state index contributed by atoms with van der Waals surface area (Å²) in [6.45, 7) is 3.07. The summed E-state index contributed by atoms with van der Waals surface area (Å²) < 4.78 is 14.1. The number of rotatable bonds is 5. The van der Waals surface area contributed by atoms with Crippen LogP contribution in [0.1, 0.15) is 22.7 Å². The van der Waals surface area contributed by atoms with Crippen molar-refractivity contribution < 1.29 is 4.39 Å². The number of hydrogen-bond acceptors (Lipinski definition) is 2. The van der Waals surface area contributed by atoms with Gasteiger partial charge in [0.2, 0.25) is 0 Å². The van der Waals surface area contributed by atoms with Crippen LogP contribution >= 0.6 is 11.6 Å². The number of nitrogens with two attached hydrogens (primary N) is 1. The van der Waals surface area contributed by atoms with E-state index in [9.17, 15) is 4.39 Å². The predicted molar refractivity (Wildman–Crippen MR) is 85.9 cm³/mol. The van der Waals surface area contributed by atoms with Crippen molar-refractivity contribution >= 4 is 11.6 Å². The van der Waals surface area contributed by atoms with Crippen molar-refractivity contribution in [2.75, 3.05) is 13.6 Å². The van der Waals surface area contributed by atoms with Gasteiger partial charge in [-0.2, -0.15) is 0 Å². The van der Waals surface area contributed by atoms with Crippen molar-refractivity contribution in [3.8, 4) is 0 Å². The Bertz CT molecular complexity index is 595. The van der Waals surface area contributed by atoms with Crippen molar-refractivity contribution in [2.45, 2.75) is 19.5 Å². The zero-order valence-electron chi connectivity index (χ0n) is 12.3. The molecule has 21 heavy (non-hydrogen) atoms. The lowest BCUT2D eigenvalue weighted by atomic mass is 10.0. The fourth-order valence-electron chi connectivity index (χ4n) is 2.51. The molecule has 2 aromatic carbocycles. The molecular formula is C17H20ClFN2. The highest BCUT2D eigenvalue weighted by molar-refractivity contribution is 6.31. The van der Waals surface area contributed by atoms with Crippen LogP contribution in [0.25, 0.3) is 0 Å². The van der Waals surface area contributed by atoms with Crippen LogP contribution in [0.4, 0.5) is 4.39 Å². The van der Waals surface area contributed by atoms with Crippen molar-refractivity contribution in [1.82, 2.24) is 4.90 Å². The molecule has 1 atom stereocenters. The zero-order valence-corrected chi connectivity index (χ0v) is 13.1. The molecule has 1 unspecified atom stereocenters. The van der Waals surface area contributed by atoms with E-state index in [1.165, 1.54) is 17.2 Å². The number of nitrogens with zero attached hydrogens (tertiary/aromatic N) is 1. The first kappa shape index (κ1) is 16.0. The summed E-state index contributed by atoms with van der Waals surface area (Å²) in [6, 6.07) is 12.6. The maximum absolute atomic E-state index is 14.1. The molecule has 2 rings (SSSR count). The Balaban J connectivity index is 2.27. The number of likely N-dealkylation sites (N-methyl/N-ethyl adjacent to an activating group) is 1. The standard InChI is InChI=1S/C17H20ClFN2/c1-12-6-3-4-7-13(12)11-21(2)16(10-20)17-14(18)8-5-9-15(17)19/h3-9,16H,10-11,20H2,1-2H3. The molecule has 0 aliphatic carbocycles. The van der Waals surface area contributed by atoms with Crippen LogP contribution in [-0.2, 0) is 6.54 Å². The summed E-state index contributed by atoms with van der Waals surface area (Å²) in [4.78, 5) is 2.03. The van der Waals surface area contributed by atoms with Gasteiger partial charge in [0, 0.05) is 23.7 Å².